The topological polar surface area (TPSA) is 26.0 Å². The molecule has 9 heavy (non-hydrogen) atoms. The first kappa shape index (κ1) is 7.79. The molecule has 0 amide bonds. The van der Waals surface area contributed by atoms with Crippen molar-refractivity contribution < 1.29 is 0 Å². The normalized spacial score (nSPS) is 43.7. The summed E-state index contributed by atoms with van der Waals surface area (Å²) in [5.41, 5.74) is 5.93. The number of alkyl halides is 1. The minimum atomic E-state index is 0.482. The summed E-state index contributed by atoms with van der Waals surface area (Å²) in [5.74, 6) is 0.812. The maximum atomic E-state index is 5.93. The zero-order valence-electron chi connectivity index (χ0n) is 5.81. The Labute approximate surface area is 70.5 Å². The van der Waals surface area contributed by atoms with E-state index >= 15 is 0 Å². The fraction of sp³-hybridized carbons (Fsp3) is 1.00. The van der Waals surface area contributed by atoms with Gasteiger partial charge in [-0.25, -0.2) is 0 Å². The molecule has 3 unspecified atom stereocenters. The van der Waals surface area contributed by atoms with Gasteiger partial charge in [-0.05, 0) is 18.8 Å². The van der Waals surface area contributed by atoms with E-state index in [1.54, 1.807) is 0 Å². The molecule has 0 aromatic rings. The van der Waals surface area contributed by atoms with Crippen LogP contribution in [-0.2, 0) is 0 Å². The van der Waals surface area contributed by atoms with E-state index in [4.69, 9.17) is 5.73 Å². The number of halogens is 1. The van der Waals surface area contributed by atoms with Crippen LogP contribution in [0.25, 0.3) is 0 Å². The van der Waals surface area contributed by atoms with Crippen LogP contribution in [0.5, 0.6) is 0 Å². The van der Waals surface area contributed by atoms with Crippen LogP contribution in [0.3, 0.4) is 0 Å². The van der Waals surface area contributed by atoms with Crippen LogP contribution < -0.4 is 5.73 Å². The lowest BCUT2D eigenvalue weighted by molar-refractivity contribution is 0.472. The molecule has 2 N–H and O–H groups in total. The van der Waals surface area contributed by atoms with Crippen LogP contribution in [0, 0.1) is 5.92 Å². The Bertz CT molecular complexity index is 94.9. The molecule has 1 aliphatic carbocycles. The molecule has 2 heteroatoms. The summed E-state index contributed by atoms with van der Waals surface area (Å²) < 4.78 is 0.743. The number of hydrogen-bond acceptors (Lipinski definition) is 1. The minimum absolute atomic E-state index is 0.482. The van der Waals surface area contributed by atoms with Crippen molar-refractivity contribution in [3.63, 3.8) is 0 Å². The smallest absolute Gasteiger partial charge is 0.0264 e. The van der Waals surface area contributed by atoms with Crippen molar-refractivity contribution in [3.8, 4) is 0 Å². The molecule has 0 aromatic carbocycles. The third-order valence-corrected chi connectivity index (χ3v) is 3.75. The van der Waals surface area contributed by atoms with E-state index in [1.165, 1.54) is 19.3 Å². The molecule has 1 fully saturated rings. The Morgan fingerprint density at radius 1 is 1.56 bits per heavy atom. The summed E-state index contributed by atoms with van der Waals surface area (Å²) in [4.78, 5) is 0. The molecular formula is C7H14IN. The predicted molar refractivity (Wildman–Crippen MR) is 48.8 cm³/mol. The second kappa shape index (κ2) is 3.19. The van der Waals surface area contributed by atoms with Crippen LogP contribution in [0.15, 0.2) is 0 Å². The Kier molecular flexibility index (Phi) is 2.76. The molecule has 54 valence electrons. The van der Waals surface area contributed by atoms with E-state index in [0.717, 1.165) is 9.84 Å². The maximum Gasteiger partial charge on any atom is 0.0264 e. The number of hydrogen-bond donors (Lipinski definition) is 1. The molecule has 3 atom stereocenters. The summed E-state index contributed by atoms with van der Waals surface area (Å²) >= 11 is 2.47. The SMILES string of the molecule is CCC1CCC(I)C1N. The summed E-state index contributed by atoms with van der Waals surface area (Å²) in [5, 5.41) is 0. The standard InChI is InChI=1S/C7H14IN/c1-2-5-3-4-6(8)7(5)9/h5-7H,2-4,9H2,1H3. The lowest BCUT2D eigenvalue weighted by Crippen LogP contribution is -2.30. The van der Waals surface area contributed by atoms with Crippen LogP contribution in [0.4, 0.5) is 0 Å². The highest BCUT2D eigenvalue weighted by atomic mass is 127. The third kappa shape index (κ3) is 1.58. The molecule has 0 spiro atoms. The molecule has 1 aliphatic rings. The van der Waals surface area contributed by atoms with Gasteiger partial charge in [-0.15, -0.1) is 0 Å². The molecule has 1 nitrogen and oxygen atoms in total. The van der Waals surface area contributed by atoms with E-state index < -0.39 is 0 Å². The number of rotatable bonds is 1. The number of nitrogens with two attached hydrogens (primary N) is 1. The van der Waals surface area contributed by atoms with Gasteiger partial charge in [0.05, 0.1) is 0 Å². The summed E-state index contributed by atoms with van der Waals surface area (Å²) in [6.07, 6.45) is 3.95. The average molecular weight is 239 g/mol. The van der Waals surface area contributed by atoms with E-state index in [2.05, 4.69) is 29.5 Å². The van der Waals surface area contributed by atoms with Crippen molar-refractivity contribution >= 4 is 22.6 Å². The zero-order chi connectivity index (χ0) is 6.85. The van der Waals surface area contributed by atoms with Crippen LogP contribution in [0.2, 0.25) is 0 Å². The summed E-state index contributed by atoms with van der Waals surface area (Å²) in [6.45, 7) is 2.24. The van der Waals surface area contributed by atoms with Gasteiger partial charge in [-0.3, -0.25) is 0 Å². The van der Waals surface area contributed by atoms with Crippen molar-refractivity contribution in [1.29, 1.82) is 0 Å². The van der Waals surface area contributed by atoms with Gasteiger partial charge in [-0.2, -0.15) is 0 Å². The quantitative estimate of drug-likeness (QED) is 0.549. The maximum absolute atomic E-state index is 5.93. The third-order valence-electron chi connectivity index (χ3n) is 2.30. The average Bonchev–Trinajstić information content (AvgIpc) is 2.15. The zero-order valence-corrected chi connectivity index (χ0v) is 7.97. The lowest BCUT2D eigenvalue weighted by Gasteiger charge is -2.14. The van der Waals surface area contributed by atoms with E-state index in [1.807, 2.05) is 0 Å². The van der Waals surface area contributed by atoms with Crippen molar-refractivity contribution in [2.45, 2.75) is 36.2 Å². The molecule has 1 saturated carbocycles. The van der Waals surface area contributed by atoms with Crippen LogP contribution in [0.1, 0.15) is 26.2 Å². The van der Waals surface area contributed by atoms with Gasteiger partial charge in [0.2, 0.25) is 0 Å². The van der Waals surface area contributed by atoms with Gasteiger partial charge in [0.25, 0.3) is 0 Å². The predicted octanol–water partition coefficient (Wildman–Crippen LogP) is 1.94. The van der Waals surface area contributed by atoms with Crippen molar-refractivity contribution in [2.24, 2.45) is 11.7 Å². The Morgan fingerprint density at radius 2 is 2.22 bits per heavy atom. The molecule has 0 aliphatic heterocycles. The van der Waals surface area contributed by atoms with Crippen molar-refractivity contribution in [2.75, 3.05) is 0 Å². The van der Waals surface area contributed by atoms with Crippen LogP contribution in [-0.4, -0.2) is 9.97 Å². The van der Waals surface area contributed by atoms with Crippen molar-refractivity contribution in [1.82, 2.24) is 0 Å². The second-order valence-electron chi connectivity index (χ2n) is 2.84. The lowest BCUT2D eigenvalue weighted by atomic mass is 10.0. The van der Waals surface area contributed by atoms with Gasteiger partial charge in [-0.1, -0.05) is 35.9 Å². The molecule has 0 heterocycles. The summed E-state index contributed by atoms with van der Waals surface area (Å²) in [6, 6.07) is 0.482. The second-order valence-corrected chi connectivity index (χ2v) is 4.44. The Balaban J connectivity index is 2.41. The van der Waals surface area contributed by atoms with E-state index in [0.29, 0.717) is 6.04 Å². The molecule has 0 bridgehead atoms. The van der Waals surface area contributed by atoms with Crippen molar-refractivity contribution in [3.05, 3.63) is 0 Å². The highest BCUT2D eigenvalue weighted by Gasteiger charge is 2.29. The fourth-order valence-corrected chi connectivity index (χ4v) is 2.48. The molecular weight excluding hydrogens is 225 g/mol. The Morgan fingerprint density at radius 3 is 2.44 bits per heavy atom. The van der Waals surface area contributed by atoms with E-state index in [-0.39, 0.29) is 0 Å². The minimum Gasteiger partial charge on any atom is -0.326 e. The molecule has 1 rings (SSSR count). The largest absolute Gasteiger partial charge is 0.326 e. The van der Waals surface area contributed by atoms with Gasteiger partial charge < -0.3 is 5.73 Å². The molecule has 0 radical (unpaired) electrons. The van der Waals surface area contributed by atoms with Gasteiger partial charge >= 0.3 is 0 Å². The first-order valence-electron chi connectivity index (χ1n) is 3.65. The highest BCUT2D eigenvalue weighted by molar-refractivity contribution is 14.1. The van der Waals surface area contributed by atoms with Gasteiger partial charge in [0.15, 0.2) is 0 Å². The Hall–Kier alpha value is 0.690. The summed E-state index contributed by atoms with van der Waals surface area (Å²) in [7, 11) is 0. The van der Waals surface area contributed by atoms with Crippen LogP contribution >= 0.6 is 22.6 Å². The highest BCUT2D eigenvalue weighted by Crippen LogP contribution is 2.31. The molecule has 0 saturated heterocycles. The fourth-order valence-electron chi connectivity index (χ4n) is 1.53. The van der Waals surface area contributed by atoms with E-state index in [9.17, 15) is 0 Å². The first-order chi connectivity index (χ1) is 4.25. The van der Waals surface area contributed by atoms with Gasteiger partial charge in [0.1, 0.15) is 0 Å². The first-order valence-corrected chi connectivity index (χ1v) is 4.90. The van der Waals surface area contributed by atoms with Gasteiger partial charge in [0, 0.05) is 9.97 Å². The monoisotopic (exact) mass is 239 g/mol. The molecule has 0 aromatic heterocycles.